The fraction of sp³-hybridized carbons (Fsp3) is 0.150. The van der Waals surface area contributed by atoms with Crippen LogP contribution in [-0.2, 0) is 11.3 Å². The number of benzene rings is 2. The zero-order valence-electron chi connectivity index (χ0n) is 14.4. The van der Waals surface area contributed by atoms with Gasteiger partial charge in [0.05, 0.1) is 17.9 Å². The third kappa shape index (κ3) is 2.68. The Morgan fingerprint density at radius 3 is 2.69 bits per heavy atom. The first kappa shape index (κ1) is 16.5. The van der Waals surface area contributed by atoms with Crippen molar-refractivity contribution in [3.8, 4) is 10.6 Å². The topological polar surface area (TPSA) is 65.8 Å². The number of thiazole rings is 1. The van der Waals surface area contributed by atoms with Gasteiger partial charge in [0.1, 0.15) is 5.01 Å². The monoisotopic (exact) mass is 363 g/mol. The van der Waals surface area contributed by atoms with Crippen LogP contribution in [0.4, 0.5) is 5.69 Å². The molecule has 0 unspecified atom stereocenters. The van der Waals surface area contributed by atoms with Crippen molar-refractivity contribution in [2.24, 2.45) is 5.16 Å². The summed E-state index contributed by atoms with van der Waals surface area (Å²) < 4.78 is 0. The van der Waals surface area contributed by atoms with Crippen LogP contribution < -0.4 is 4.90 Å². The first-order valence-corrected chi connectivity index (χ1v) is 9.12. The molecule has 1 aliphatic rings. The molecule has 26 heavy (non-hydrogen) atoms. The second kappa shape index (κ2) is 6.38. The smallest absolute Gasteiger partial charge is 0.281 e. The molecular formula is C20H17N3O2S. The first-order valence-electron chi connectivity index (χ1n) is 8.24. The lowest BCUT2D eigenvalue weighted by atomic mass is 10.0. The Hall–Kier alpha value is -2.99. The summed E-state index contributed by atoms with van der Waals surface area (Å²) >= 11 is 1.55. The summed E-state index contributed by atoms with van der Waals surface area (Å²) in [7, 11) is 0. The van der Waals surface area contributed by atoms with Crippen LogP contribution in [0.25, 0.3) is 10.6 Å². The number of aryl methyl sites for hydroxylation is 2. The van der Waals surface area contributed by atoms with E-state index in [2.05, 4.69) is 10.1 Å². The van der Waals surface area contributed by atoms with E-state index >= 15 is 0 Å². The molecule has 0 fully saturated rings. The van der Waals surface area contributed by atoms with Crippen molar-refractivity contribution in [2.45, 2.75) is 20.4 Å². The molecule has 1 aromatic heterocycles. The highest BCUT2D eigenvalue weighted by molar-refractivity contribution is 7.13. The third-order valence-electron chi connectivity index (χ3n) is 4.41. The number of carbonyl (C=O) groups is 1. The van der Waals surface area contributed by atoms with Crippen LogP contribution in [0.15, 0.2) is 53.0 Å². The van der Waals surface area contributed by atoms with Crippen LogP contribution in [0.1, 0.15) is 22.4 Å². The van der Waals surface area contributed by atoms with Gasteiger partial charge in [-0.3, -0.25) is 9.69 Å². The Bertz CT molecular complexity index is 1020. The van der Waals surface area contributed by atoms with E-state index in [-0.39, 0.29) is 11.6 Å². The predicted molar refractivity (Wildman–Crippen MR) is 103 cm³/mol. The van der Waals surface area contributed by atoms with E-state index in [1.165, 1.54) is 0 Å². The van der Waals surface area contributed by atoms with Crippen LogP contribution in [-0.4, -0.2) is 21.8 Å². The maximum Gasteiger partial charge on any atom is 0.281 e. The van der Waals surface area contributed by atoms with Crippen LogP contribution in [0.5, 0.6) is 0 Å². The predicted octanol–water partition coefficient (Wildman–Crippen LogP) is 4.15. The Morgan fingerprint density at radius 2 is 1.96 bits per heavy atom. The lowest BCUT2D eigenvalue weighted by molar-refractivity contribution is -0.112. The molecule has 4 rings (SSSR count). The number of carbonyl (C=O) groups excluding carboxylic acids is 1. The van der Waals surface area contributed by atoms with Gasteiger partial charge in [-0.15, -0.1) is 11.3 Å². The molecule has 0 spiro atoms. The number of amides is 1. The maximum atomic E-state index is 12.7. The molecule has 6 heteroatoms. The molecule has 0 saturated heterocycles. The van der Waals surface area contributed by atoms with Gasteiger partial charge in [0.2, 0.25) is 0 Å². The highest BCUT2D eigenvalue weighted by atomic mass is 32.1. The fourth-order valence-electron chi connectivity index (χ4n) is 3.35. The normalized spacial score (nSPS) is 14.9. The number of hydrogen-bond donors (Lipinski definition) is 1. The van der Waals surface area contributed by atoms with Gasteiger partial charge in [0, 0.05) is 16.5 Å². The van der Waals surface area contributed by atoms with Gasteiger partial charge in [-0.1, -0.05) is 47.1 Å². The number of fused-ring (bicyclic) bond motifs is 1. The Balaban J connectivity index is 1.70. The molecule has 130 valence electrons. The van der Waals surface area contributed by atoms with Crippen molar-refractivity contribution >= 4 is 28.6 Å². The van der Waals surface area contributed by atoms with E-state index in [9.17, 15) is 10.0 Å². The summed E-state index contributed by atoms with van der Waals surface area (Å²) in [6.07, 6.45) is 0. The number of anilines is 1. The van der Waals surface area contributed by atoms with E-state index in [4.69, 9.17) is 0 Å². The summed E-state index contributed by atoms with van der Waals surface area (Å²) in [6.45, 7) is 4.27. The number of hydrogen-bond acceptors (Lipinski definition) is 5. The molecule has 0 saturated carbocycles. The van der Waals surface area contributed by atoms with E-state index in [0.29, 0.717) is 12.1 Å². The first-order chi connectivity index (χ1) is 12.6. The molecule has 0 radical (unpaired) electrons. The van der Waals surface area contributed by atoms with E-state index in [1.807, 2.05) is 61.7 Å². The fourth-order valence-corrected chi connectivity index (χ4v) is 4.16. The largest absolute Gasteiger partial charge is 0.410 e. The molecule has 2 aromatic carbocycles. The highest BCUT2D eigenvalue weighted by Crippen LogP contribution is 2.35. The van der Waals surface area contributed by atoms with Gasteiger partial charge in [0.25, 0.3) is 5.91 Å². The standard InChI is InChI=1S/C20H17N3O2S/c1-12-8-13(2)18-16(9-12)17(22-25)20(24)23(18)10-15-11-26-19(21-15)14-6-4-3-5-7-14/h3-9,11,25H,10H2,1-2H3/b22-17-. The summed E-state index contributed by atoms with van der Waals surface area (Å²) in [5.74, 6) is -0.300. The molecule has 3 aromatic rings. The van der Waals surface area contributed by atoms with Gasteiger partial charge in [0.15, 0.2) is 5.71 Å². The average Bonchev–Trinajstić information content (AvgIpc) is 3.19. The van der Waals surface area contributed by atoms with E-state index < -0.39 is 0 Å². The highest BCUT2D eigenvalue weighted by Gasteiger charge is 2.36. The quantitative estimate of drug-likeness (QED) is 0.561. The van der Waals surface area contributed by atoms with Crippen LogP contribution in [0.2, 0.25) is 0 Å². The van der Waals surface area contributed by atoms with Crippen molar-refractivity contribution in [2.75, 3.05) is 4.90 Å². The van der Waals surface area contributed by atoms with Crippen LogP contribution in [0, 0.1) is 13.8 Å². The summed E-state index contributed by atoms with van der Waals surface area (Å²) in [4.78, 5) is 19.1. The zero-order valence-corrected chi connectivity index (χ0v) is 15.2. The summed E-state index contributed by atoms with van der Waals surface area (Å²) in [5.41, 5.74) is 5.43. The van der Waals surface area contributed by atoms with Gasteiger partial charge in [-0.25, -0.2) is 4.98 Å². The molecule has 5 nitrogen and oxygen atoms in total. The number of nitrogens with zero attached hydrogens (tertiary/aromatic N) is 3. The van der Waals surface area contributed by atoms with Crippen molar-refractivity contribution < 1.29 is 10.0 Å². The minimum atomic E-state index is -0.300. The maximum absolute atomic E-state index is 12.7. The van der Waals surface area contributed by atoms with Crippen LogP contribution in [0.3, 0.4) is 0 Å². The number of aromatic nitrogens is 1. The van der Waals surface area contributed by atoms with Gasteiger partial charge < -0.3 is 5.21 Å². The lowest BCUT2D eigenvalue weighted by Gasteiger charge is -2.18. The van der Waals surface area contributed by atoms with Gasteiger partial charge in [-0.05, 0) is 25.5 Å². The van der Waals surface area contributed by atoms with E-state index in [0.717, 1.165) is 33.1 Å². The Morgan fingerprint density at radius 1 is 1.19 bits per heavy atom. The van der Waals surface area contributed by atoms with E-state index in [1.54, 1.807) is 16.2 Å². The molecule has 1 N–H and O–H groups in total. The lowest BCUT2D eigenvalue weighted by Crippen LogP contribution is -2.30. The number of oxime groups is 1. The molecule has 0 atom stereocenters. The molecule has 0 bridgehead atoms. The van der Waals surface area contributed by atoms with Crippen molar-refractivity contribution in [3.05, 3.63) is 70.2 Å². The van der Waals surface area contributed by atoms with Gasteiger partial charge in [-0.2, -0.15) is 0 Å². The molecule has 0 aliphatic carbocycles. The molecular weight excluding hydrogens is 346 g/mol. The minimum absolute atomic E-state index is 0.0883. The minimum Gasteiger partial charge on any atom is -0.410 e. The van der Waals surface area contributed by atoms with Crippen molar-refractivity contribution in [1.82, 2.24) is 4.98 Å². The molecule has 1 amide bonds. The molecule has 1 aliphatic heterocycles. The second-order valence-electron chi connectivity index (χ2n) is 6.33. The van der Waals surface area contributed by atoms with Gasteiger partial charge >= 0.3 is 0 Å². The summed E-state index contributed by atoms with van der Waals surface area (Å²) in [6, 6.07) is 13.9. The SMILES string of the molecule is Cc1cc(C)c2c(c1)/C(=N/O)C(=O)N2Cc1csc(-c2ccccc2)n1. The Kier molecular flexibility index (Phi) is 4.05. The number of rotatable bonds is 3. The van der Waals surface area contributed by atoms with Crippen molar-refractivity contribution in [1.29, 1.82) is 0 Å². The van der Waals surface area contributed by atoms with Crippen molar-refractivity contribution in [3.63, 3.8) is 0 Å². The summed E-state index contributed by atoms with van der Waals surface area (Å²) in [5, 5.41) is 15.5. The average molecular weight is 363 g/mol. The zero-order chi connectivity index (χ0) is 18.3. The van der Waals surface area contributed by atoms with Crippen LogP contribution >= 0.6 is 11.3 Å². The second-order valence-corrected chi connectivity index (χ2v) is 7.19. The third-order valence-corrected chi connectivity index (χ3v) is 5.35. The Labute approximate surface area is 155 Å². The molecule has 2 heterocycles.